The van der Waals surface area contributed by atoms with Crippen LogP contribution in [0, 0.1) is 12.8 Å². The van der Waals surface area contributed by atoms with Crippen molar-refractivity contribution in [2.24, 2.45) is 5.92 Å². The van der Waals surface area contributed by atoms with Crippen LogP contribution in [-0.4, -0.2) is 58.5 Å². The highest BCUT2D eigenvalue weighted by atomic mass is 35.5. The molecule has 0 aliphatic heterocycles. The van der Waals surface area contributed by atoms with E-state index in [1.54, 1.807) is 48.5 Å². The van der Waals surface area contributed by atoms with Crippen LogP contribution in [0.5, 0.6) is 11.5 Å². The zero-order valence-electron chi connectivity index (χ0n) is 25.5. The van der Waals surface area contributed by atoms with Gasteiger partial charge in [0.25, 0.3) is 10.0 Å². The van der Waals surface area contributed by atoms with Crippen LogP contribution in [0.2, 0.25) is 5.02 Å². The Bertz CT molecular complexity index is 1510. The lowest BCUT2D eigenvalue weighted by molar-refractivity contribution is -0.140. The Hall–Kier alpha value is -3.76. The number of amides is 2. The van der Waals surface area contributed by atoms with E-state index in [0.717, 1.165) is 9.87 Å². The first kappa shape index (κ1) is 33.7. The van der Waals surface area contributed by atoms with Gasteiger partial charge >= 0.3 is 0 Å². The summed E-state index contributed by atoms with van der Waals surface area (Å²) in [5, 5.41) is 3.35. The number of carbonyl (C=O) groups is 2. The Labute approximate surface area is 259 Å². The molecule has 0 saturated carbocycles. The second-order valence-electron chi connectivity index (χ2n) is 10.5. The van der Waals surface area contributed by atoms with Gasteiger partial charge in [0.1, 0.15) is 12.6 Å². The molecule has 3 aromatic rings. The van der Waals surface area contributed by atoms with Crippen LogP contribution >= 0.6 is 11.6 Å². The largest absolute Gasteiger partial charge is 0.493 e. The second kappa shape index (κ2) is 15.1. The third-order valence-electron chi connectivity index (χ3n) is 6.91. The van der Waals surface area contributed by atoms with Crippen LogP contribution in [0.1, 0.15) is 38.3 Å². The van der Waals surface area contributed by atoms with E-state index in [-0.39, 0.29) is 29.0 Å². The van der Waals surface area contributed by atoms with Crippen LogP contribution in [-0.2, 0) is 26.2 Å². The molecular weight excluding hydrogens is 590 g/mol. The first-order valence-electron chi connectivity index (χ1n) is 14.0. The number of aryl methyl sites for hydroxylation is 1. The number of ether oxygens (including phenoxy) is 2. The summed E-state index contributed by atoms with van der Waals surface area (Å²) >= 11 is 6.46. The number of benzene rings is 3. The lowest BCUT2D eigenvalue weighted by atomic mass is 10.1. The quantitative estimate of drug-likeness (QED) is 0.255. The first-order chi connectivity index (χ1) is 20.4. The lowest BCUT2D eigenvalue weighted by Gasteiger charge is -2.33. The molecule has 1 atom stereocenters. The maximum Gasteiger partial charge on any atom is 0.264 e. The molecule has 0 heterocycles. The van der Waals surface area contributed by atoms with Crippen LogP contribution < -0.4 is 19.1 Å². The van der Waals surface area contributed by atoms with Gasteiger partial charge in [0.2, 0.25) is 11.8 Å². The molecule has 0 aliphatic carbocycles. The van der Waals surface area contributed by atoms with Crippen molar-refractivity contribution in [2.45, 2.75) is 51.6 Å². The highest BCUT2D eigenvalue weighted by molar-refractivity contribution is 7.92. The van der Waals surface area contributed by atoms with Crippen molar-refractivity contribution in [1.82, 2.24) is 10.2 Å². The second-order valence-corrected chi connectivity index (χ2v) is 12.8. The Morgan fingerprint density at radius 3 is 2.19 bits per heavy atom. The summed E-state index contributed by atoms with van der Waals surface area (Å²) < 4.78 is 40.0. The van der Waals surface area contributed by atoms with Crippen LogP contribution in [0.15, 0.2) is 71.6 Å². The normalized spacial score (nSPS) is 12.0. The molecule has 43 heavy (non-hydrogen) atoms. The fourth-order valence-electron chi connectivity index (χ4n) is 4.50. The van der Waals surface area contributed by atoms with Crippen LogP contribution in [0.25, 0.3) is 0 Å². The van der Waals surface area contributed by atoms with Crippen molar-refractivity contribution in [3.05, 3.63) is 82.9 Å². The summed E-state index contributed by atoms with van der Waals surface area (Å²) in [5.74, 6) is 0.00410. The van der Waals surface area contributed by atoms with Crippen molar-refractivity contribution >= 4 is 39.1 Å². The number of hydrogen-bond donors (Lipinski definition) is 1. The fourth-order valence-corrected chi connectivity index (χ4v) is 6.10. The summed E-state index contributed by atoms with van der Waals surface area (Å²) in [6, 6.07) is 17.2. The number of carbonyl (C=O) groups excluding carboxylic acids is 2. The minimum Gasteiger partial charge on any atom is -0.493 e. The van der Waals surface area contributed by atoms with Gasteiger partial charge < -0.3 is 19.7 Å². The van der Waals surface area contributed by atoms with Crippen molar-refractivity contribution in [3.8, 4) is 11.5 Å². The summed E-state index contributed by atoms with van der Waals surface area (Å²) in [7, 11) is -1.32. The van der Waals surface area contributed by atoms with E-state index in [0.29, 0.717) is 35.1 Å². The predicted molar refractivity (Wildman–Crippen MR) is 169 cm³/mol. The Morgan fingerprint density at radius 2 is 1.60 bits per heavy atom. The average Bonchev–Trinajstić information content (AvgIpc) is 2.99. The molecule has 2 amide bonds. The van der Waals surface area contributed by atoms with Gasteiger partial charge in [0.15, 0.2) is 11.5 Å². The molecule has 3 rings (SSSR count). The predicted octanol–water partition coefficient (Wildman–Crippen LogP) is 5.44. The standard InChI is InChI=1S/C32H40ClN3O6S/c1-7-28(32(38)34-19-22(2)3)35(20-24-10-8-9-11-27(24)33)31(37)21-36(25-14-17-29(41-5)30(18-25)42-6)43(39,40)26-15-12-23(4)13-16-26/h8-18,22,28H,7,19-21H2,1-6H3,(H,34,38)/t28-/m1/s1. The smallest absolute Gasteiger partial charge is 0.264 e. The third-order valence-corrected chi connectivity index (χ3v) is 9.07. The van der Waals surface area contributed by atoms with Crippen molar-refractivity contribution < 1.29 is 27.5 Å². The molecule has 0 saturated heterocycles. The molecule has 9 nitrogen and oxygen atoms in total. The van der Waals surface area contributed by atoms with E-state index < -0.39 is 28.5 Å². The molecule has 0 aromatic heterocycles. The molecule has 0 radical (unpaired) electrons. The summed E-state index contributed by atoms with van der Waals surface area (Å²) in [5.41, 5.74) is 1.71. The maximum absolute atomic E-state index is 14.2. The van der Waals surface area contributed by atoms with Gasteiger partial charge in [0, 0.05) is 24.2 Å². The van der Waals surface area contributed by atoms with E-state index in [4.69, 9.17) is 21.1 Å². The van der Waals surface area contributed by atoms with E-state index in [1.807, 2.05) is 27.7 Å². The summed E-state index contributed by atoms with van der Waals surface area (Å²) in [6.07, 6.45) is 0.307. The molecule has 0 unspecified atom stereocenters. The highest BCUT2D eigenvalue weighted by Gasteiger charge is 2.34. The molecular formula is C32H40ClN3O6S. The van der Waals surface area contributed by atoms with Gasteiger partial charge in [-0.2, -0.15) is 0 Å². The van der Waals surface area contributed by atoms with Gasteiger partial charge in [-0.15, -0.1) is 0 Å². The number of sulfonamides is 1. The first-order valence-corrected chi connectivity index (χ1v) is 15.9. The molecule has 232 valence electrons. The van der Waals surface area contributed by atoms with E-state index in [9.17, 15) is 18.0 Å². The SMILES string of the molecule is CC[C@H](C(=O)NCC(C)C)N(Cc1ccccc1Cl)C(=O)CN(c1ccc(OC)c(OC)c1)S(=O)(=O)c1ccc(C)cc1. The minimum atomic E-state index is -4.24. The summed E-state index contributed by atoms with van der Waals surface area (Å²) in [4.78, 5) is 29.0. The van der Waals surface area contributed by atoms with E-state index in [2.05, 4.69) is 5.32 Å². The molecule has 3 aromatic carbocycles. The van der Waals surface area contributed by atoms with Gasteiger partial charge in [-0.1, -0.05) is 68.3 Å². The van der Waals surface area contributed by atoms with Gasteiger partial charge in [-0.05, 0) is 55.2 Å². The number of rotatable bonds is 14. The van der Waals surface area contributed by atoms with Crippen LogP contribution in [0.3, 0.4) is 0 Å². The highest BCUT2D eigenvalue weighted by Crippen LogP contribution is 2.34. The Kier molecular flexibility index (Phi) is 11.9. The minimum absolute atomic E-state index is 0.0104. The van der Waals surface area contributed by atoms with Crippen LogP contribution in [0.4, 0.5) is 5.69 Å². The van der Waals surface area contributed by atoms with Crippen molar-refractivity contribution in [3.63, 3.8) is 0 Å². The number of hydrogen-bond acceptors (Lipinski definition) is 6. The van der Waals surface area contributed by atoms with Crippen molar-refractivity contribution in [1.29, 1.82) is 0 Å². The maximum atomic E-state index is 14.2. The summed E-state index contributed by atoms with van der Waals surface area (Å²) in [6.45, 7) is 7.48. The molecule has 0 aliphatic rings. The number of nitrogens with zero attached hydrogens (tertiary/aromatic N) is 2. The molecule has 0 fully saturated rings. The number of halogens is 1. The van der Waals surface area contributed by atoms with Gasteiger partial charge in [0.05, 0.1) is 24.8 Å². The third kappa shape index (κ3) is 8.42. The van der Waals surface area contributed by atoms with E-state index in [1.165, 1.54) is 37.3 Å². The Morgan fingerprint density at radius 1 is 0.953 bits per heavy atom. The molecule has 0 spiro atoms. The van der Waals surface area contributed by atoms with Crippen molar-refractivity contribution in [2.75, 3.05) is 31.6 Å². The fraction of sp³-hybridized carbons (Fsp3) is 0.375. The van der Waals surface area contributed by atoms with E-state index >= 15 is 0 Å². The monoisotopic (exact) mass is 629 g/mol. The number of anilines is 1. The molecule has 0 bridgehead atoms. The molecule has 11 heteroatoms. The molecule has 1 N–H and O–H groups in total. The lowest BCUT2D eigenvalue weighted by Crippen LogP contribution is -2.52. The topological polar surface area (TPSA) is 105 Å². The Balaban J connectivity index is 2.12. The zero-order chi connectivity index (χ0) is 31.7. The number of methoxy groups -OCH3 is 2. The van der Waals surface area contributed by atoms with Gasteiger partial charge in [-0.3, -0.25) is 13.9 Å². The van der Waals surface area contributed by atoms with Gasteiger partial charge in [-0.25, -0.2) is 8.42 Å². The average molecular weight is 630 g/mol. The number of nitrogens with one attached hydrogen (secondary N) is 1. The zero-order valence-corrected chi connectivity index (χ0v) is 27.0.